The molecule has 0 aliphatic rings. The van der Waals surface area contributed by atoms with Crippen LogP contribution in [0, 0.1) is 0 Å². The van der Waals surface area contributed by atoms with E-state index >= 15 is 0 Å². The van der Waals surface area contributed by atoms with Crippen molar-refractivity contribution in [1.29, 1.82) is 0 Å². The highest BCUT2D eigenvalue weighted by atomic mass is 35.5. The maximum absolute atomic E-state index is 12.7. The largest absolute Gasteiger partial charge is 0.497 e. The summed E-state index contributed by atoms with van der Waals surface area (Å²) in [6.07, 6.45) is 1.94. The van der Waals surface area contributed by atoms with Crippen LogP contribution in [0.5, 0.6) is 11.5 Å². The highest BCUT2D eigenvalue weighted by Gasteiger charge is 2.15. The summed E-state index contributed by atoms with van der Waals surface area (Å²) in [5.74, 6) is 1.26. The highest BCUT2D eigenvalue weighted by molar-refractivity contribution is 6.30. The lowest BCUT2D eigenvalue weighted by molar-refractivity contribution is -0.143. The minimum absolute atomic E-state index is 0.215. The first-order chi connectivity index (χ1) is 23.4. The van der Waals surface area contributed by atoms with E-state index < -0.39 is 0 Å². The van der Waals surface area contributed by atoms with Gasteiger partial charge in [-0.15, -0.1) is 0 Å². The molecular weight excluding hydrogens is 647 g/mol. The molecule has 0 saturated heterocycles. The fraction of sp³-hybridized carbons (Fsp3) is 0.184. The van der Waals surface area contributed by atoms with E-state index in [1.165, 1.54) is 0 Å². The summed E-state index contributed by atoms with van der Waals surface area (Å²) < 4.78 is 20.0. The van der Waals surface area contributed by atoms with Gasteiger partial charge in [0.05, 0.1) is 61.4 Å². The smallest absolute Gasteiger partial charge is 0.306 e. The van der Waals surface area contributed by atoms with Crippen molar-refractivity contribution >= 4 is 29.2 Å². The molecular formula is C38H34Cl2N4O4. The number of nitrogens with zero attached hydrogens (tertiary/aromatic N) is 4. The van der Waals surface area contributed by atoms with E-state index in [0.29, 0.717) is 35.9 Å². The number of hydrogen-bond acceptors (Lipinski definition) is 6. The van der Waals surface area contributed by atoms with Crippen LogP contribution in [0.1, 0.15) is 24.2 Å². The van der Waals surface area contributed by atoms with Gasteiger partial charge in [-0.05, 0) is 97.8 Å². The molecule has 244 valence electrons. The van der Waals surface area contributed by atoms with E-state index in [1.54, 1.807) is 14.2 Å². The number of carbonyl (C=O) groups is 1. The molecule has 0 saturated carbocycles. The van der Waals surface area contributed by atoms with Crippen molar-refractivity contribution in [2.45, 2.75) is 25.7 Å². The van der Waals surface area contributed by atoms with Crippen LogP contribution >= 0.6 is 23.2 Å². The van der Waals surface area contributed by atoms with Gasteiger partial charge in [0.15, 0.2) is 0 Å². The third-order valence-corrected chi connectivity index (χ3v) is 8.36. The van der Waals surface area contributed by atoms with E-state index in [-0.39, 0.29) is 12.4 Å². The van der Waals surface area contributed by atoms with Crippen molar-refractivity contribution in [3.63, 3.8) is 0 Å². The Morgan fingerprint density at radius 3 is 1.50 bits per heavy atom. The molecule has 0 aliphatic carbocycles. The number of carbonyl (C=O) groups excluding carboxylic acids is 1. The van der Waals surface area contributed by atoms with Crippen LogP contribution in [-0.2, 0) is 22.4 Å². The maximum atomic E-state index is 12.7. The number of hydrogen-bond donors (Lipinski definition) is 0. The van der Waals surface area contributed by atoms with Gasteiger partial charge in [-0.1, -0.05) is 47.5 Å². The van der Waals surface area contributed by atoms with Gasteiger partial charge < -0.3 is 14.2 Å². The molecule has 0 spiro atoms. The molecule has 0 bridgehead atoms. The lowest BCUT2D eigenvalue weighted by Gasteiger charge is -2.09. The van der Waals surface area contributed by atoms with Gasteiger partial charge in [-0.2, -0.15) is 10.2 Å². The molecule has 2 aromatic heterocycles. The molecule has 0 N–H and O–H groups in total. The fourth-order valence-corrected chi connectivity index (χ4v) is 5.59. The molecule has 6 rings (SSSR count). The summed E-state index contributed by atoms with van der Waals surface area (Å²) in [6.45, 7) is 0.292. The van der Waals surface area contributed by atoms with Crippen LogP contribution in [0.3, 0.4) is 0 Å². The predicted octanol–water partition coefficient (Wildman–Crippen LogP) is 8.82. The van der Waals surface area contributed by atoms with Crippen LogP contribution < -0.4 is 9.47 Å². The van der Waals surface area contributed by atoms with E-state index in [0.717, 1.165) is 56.8 Å². The summed E-state index contributed by atoms with van der Waals surface area (Å²) in [5, 5.41) is 11.0. The number of rotatable bonds is 13. The van der Waals surface area contributed by atoms with E-state index in [4.69, 9.17) is 47.6 Å². The summed E-state index contributed by atoms with van der Waals surface area (Å²) in [6, 6.07) is 34.8. The Kier molecular flexibility index (Phi) is 10.4. The minimum Gasteiger partial charge on any atom is -0.497 e. The van der Waals surface area contributed by atoms with Crippen LogP contribution in [0.15, 0.2) is 109 Å². The summed E-state index contributed by atoms with van der Waals surface area (Å²) in [5.41, 5.74) is 7.26. The number of methoxy groups -OCH3 is 2. The van der Waals surface area contributed by atoms with Gasteiger partial charge in [0, 0.05) is 27.6 Å². The normalized spacial score (nSPS) is 11.0. The quantitative estimate of drug-likeness (QED) is 0.0896. The maximum Gasteiger partial charge on any atom is 0.306 e. The van der Waals surface area contributed by atoms with Crippen LogP contribution in [-0.4, -0.2) is 46.4 Å². The fourth-order valence-electron chi connectivity index (χ4n) is 5.34. The third kappa shape index (κ3) is 7.90. The second kappa shape index (κ2) is 15.2. The lowest BCUT2D eigenvalue weighted by Crippen LogP contribution is -2.08. The number of halogens is 2. The second-order valence-corrected chi connectivity index (χ2v) is 12.0. The minimum atomic E-state index is -0.271. The molecule has 0 aliphatic heterocycles. The van der Waals surface area contributed by atoms with E-state index in [9.17, 15) is 4.79 Å². The monoisotopic (exact) mass is 680 g/mol. The zero-order valence-electron chi connectivity index (χ0n) is 26.6. The average molecular weight is 682 g/mol. The first kappa shape index (κ1) is 32.9. The average Bonchev–Trinajstić information content (AvgIpc) is 3.75. The topological polar surface area (TPSA) is 80.4 Å². The molecule has 6 aromatic rings. The molecule has 10 heteroatoms. The van der Waals surface area contributed by atoms with E-state index in [1.807, 2.05) is 112 Å². The number of esters is 1. The molecule has 0 amide bonds. The zero-order valence-corrected chi connectivity index (χ0v) is 28.1. The molecule has 48 heavy (non-hydrogen) atoms. The number of benzene rings is 4. The third-order valence-electron chi connectivity index (χ3n) is 7.86. The SMILES string of the molecule is COc1ccc(-n2nc(CCCOC(=O)CCc3cc(-c4ccc(Cl)cc4)n(-c4ccc(OC)cc4)n3)cc2-c2ccc(Cl)cc2)cc1. The van der Waals surface area contributed by atoms with Crippen LogP contribution in [0.2, 0.25) is 10.0 Å². The molecule has 0 fully saturated rings. The molecule has 2 heterocycles. The van der Waals surface area contributed by atoms with Crippen LogP contribution in [0.25, 0.3) is 33.9 Å². The first-order valence-corrected chi connectivity index (χ1v) is 16.3. The standard InChI is InChI=1S/C38H34Cl2N4O4/c1-46-34-18-14-32(15-19-34)43-36(26-5-9-28(39)10-6-26)24-30(41-43)4-3-23-48-38(45)22-13-31-25-37(27-7-11-29(40)12-8-27)44(42-31)33-16-20-35(47-2)21-17-33/h5-12,14-21,24-25H,3-4,13,22-23H2,1-2H3. The van der Waals surface area contributed by atoms with E-state index in [2.05, 4.69) is 6.07 Å². The molecule has 0 radical (unpaired) electrons. The van der Waals surface area contributed by atoms with Gasteiger partial charge in [0.1, 0.15) is 11.5 Å². The van der Waals surface area contributed by atoms with Crippen molar-refractivity contribution in [3.05, 3.63) is 131 Å². The Morgan fingerprint density at radius 2 is 1.06 bits per heavy atom. The van der Waals surface area contributed by atoms with Gasteiger partial charge in [0.25, 0.3) is 0 Å². The zero-order chi connectivity index (χ0) is 33.5. The molecule has 0 atom stereocenters. The van der Waals surface area contributed by atoms with Gasteiger partial charge >= 0.3 is 5.97 Å². The van der Waals surface area contributed by atoms with Crippen molar-refractivity contribution < 1.29 is 19.0 Å². The van der Waals surface area contributed by atoms with Crippen molar-refractivity contribution in [1.82, 2.24) is 19.6 Å². The Labute approximate surface area is 289 Å². The van der Waals surface area contributed by atoms with Crippen molar-refractivity contribution in [2.24, 2.45) is 0 Å². The molecule has 4 aromatic carbocycles. The first-order valence-electron chi connectivity index (χ1n) is 15.5. The lowest BCUT2D eigenvalue weighted by atomic mass is 10.1. The van der Waals surface area contributed by atoms with Gasteiger partial charge in [-0.25, -0.2) is 9.36 Å². The van der Waals surface area contributed by atoms with Gasteiger partial charge in [0.2, 0.25) is 0 Å². The molecule has 0 unspecified atom stereocenters. The number of aryl methyl sites for hydroxylation is 2. The summed E-state index contributed by atoms with van der Waals surface area (Å²) in [4.78, 5) is 12.7. The summed E-state index contributed by atoms with van der Waals surface area (Å²) in [7, 11) is 3.28. The Bertz CT molecular complexity index is 1970. The van der Waals surface area contributed by atoms with Gasteiger partial charge in [-0.3, -0.25) is 4.79 Å². The number of ether oxygens (including phenoxy) is 3. The second-order valence-electron chi connectivity index (χ2n) is 11.1. The Balaban J connectivity index is 1.08. The summed E-state index contributed by atoms with van der Waals surface area (Å²) >= 11 is 12.3. The van der Waals surface area contributed by atoms with Crippen molar-refractivity contribution in [2.75, 3.05) is 20.8 Å². The predicted molar refractivity (Wildman–Crippen MR) is 189 cm³/mol. The number of aromatic nitrogens is 4. The molecule has 8 nitrogen and oxygen atoms in total. The van der Waals surface area contributed by atoms with Crippen molar-refractivity contribution in [3.8, 4) is 45.4 Å². The highest BCUT2D eigenvalue weighted by Crippen LogP contribution is 2.29. The van der Waals surface area contributed by atoms with Crippen LogP contribution in [0.4, 0.5) is 0 Å². The Hall–Kier alpha value is -5.05. The Morgan fingerprint density at radius 1 is 0.625 bits per heavy atom.